The number of hydrogen-bond donors (Lipinski definition) is 2. The Morgan fingerprint density at radius 1 is 1.41 bits per heavy atom. The van der Waals surface area contributed by atoms with Crippen molar-refractivity contribution in [1.82, 2.24) is 20.4 Å². The number of rotatable bonds is 4. The molecule has 0 saturated carbocycles. The third-order valence-electron chi connectivity index (χ3n) is 4.17. The molecule has 1 aromatic heterocycles. The van der Waals surface area contributed by atoms with Gasteiger partial charge >= 0.3 is 0 Å². The second kappa shape index (κ2) is 6.75. The van der Waals surface area contributed by atoms with Gasteiger partial charge in [0.05, 0.1) is 5.69 Å². The second-order valence-electron chi connectivity index (χ2n) is 5.91. The highest BCUT2D eigenvalue weighted by Gasteiger charge is 2.24. The first kappa shape index (κ1) is 14.8. The van der Waals surface area contributed by atoms with Crippen LogP contribution in [0.3, 0.4) is 0 Å². The van der Waals surface area contributed by atoms with Gasteiger partial charge in [0.1, 0.15) is 0 Å². The van der Waals surface area contributed by atoms with Crippen LogP contribution < -0.4 is 10.6 Å². The van der Waals surface area contributed by atoms with Crippen LogP contribution in [0.4, 0.5) is 0 Å². The maximum Gasteiger partial charge on any atom is 0.223 e. The van der Waals surface area contributed by atoms with Crippen molar-refractivity contribution in [2.45, 2.75) is 32.4 Å². The molecule has 2 N–H and O–H groups in total. The highest BCUT2D eigenvalue weighted by Crippen LogP contribution is 2.16. The van der Waals surface area contributed by atoms with Gasteiger partial charge in [-0.15, -0.1) is 0 Å². The van der Waals surface area contributed by atoms with Gasteiger partial charge in [0.2, 0.25) is 5.91 Å². The summed E-state index contributed by atoms with van der Waals surface area (Å²) in [5.74, 6) is 0.309. The van der Waals surface area contributed by atoms with E-state index in [1.165, 1.54) is 0 Å². The summed E-state index contributed by atoms with van der Waals surface area (Å²) in [7, 11) is 0. The molecule has 0 aliphatic carbocycles. The molecule has 1 aliphatic heterocycles. The molecule has 0 spiro atoms. The van der Waals surface area contributed by atoms with Gasteiger partial charge in [-0.25, -0.2) is 4.68 Å². The molecule has 22 heavy (non-hydrogen) atoms. The van der Waals surface area contributed by atoms with E-state index in [9.17, 15) is 4.79 Å². The lowest BCUT2D eigenvalue weighted by Gasteiger charge is -2.27. The number of amides is 1. The summed E-state index contributed by atoms with van der Waals surface area (Å²) in [5, 5.41) is 10.6. The number of benzene rings is 1. The van der Waals surface area contributed by atoms with E-state index in [1.54, 1.807) is 6.20 Å². The normalized spacial score (nSPS) is 21.5. The van der Waals surface area contributed by atoms with Gasteiger partial charge in [-0.3, -0.25) is 4.79 Å². The molecule has 1 aromatic carbocycles. The average molecular weight is 298 g/mol. The van der Waals surface area contributed by atoms with E-state index in [2.05, 4.69) is 22.7 Å². The van der Waals surface area contributed by atoms with Crippen LogP contribution in [0.2, 0.25) is 0 Å². The molecule has 5 nitrogen and oxygen atoms in total. The third kappa shape index (κ3) is 3.54. The van der Waals surface area contributed by atoms with E-state index in [-0.39, 0.29) is 11.8 Å². The molecule has 116 valence electrons. The minimum absolute atomic E-state index is 0.139. The maximum absolute atomic E-state index is 12.2. The fourth-order valence-corrected chi connectivity index (χ4v) is 2.89. The SMILES string of the molecule is C[C@H]1C[C@@H](C(=O)NCc2ccc(-n3cccn3)cc2)CCN1. The van der Waals surface area contributed by atoms with Crippen molar-refractivity contribution < 1.29 is 4.79 Å². The van der Waals surface area contributed by atoms with Gasteiger partial charge in [0.25, 0.3) is 0 Å². The fourth-order valence-electron chi connectivity index (χ4n) is 2.89. The highest BCUT2D eigenvalue weighted by molar-refractivity contribution is 5.78. The minimum Gasteiger partial charge on any atom is -0.352 e. The van der Waals surface area contributed by atoms with Crippen LogP contribution >= 0.6 is 0 Å². The highest BCUT2D eigenvalue weighted by atomic mass is 16.1. The lowest BCUT2D eigenvalue weighted by molar-refractivity contribution is -0.126. The number of nitrogens with one attached hydrogen (secondary N) is 2. The number of carbonyl (C=O) groups is 1. The molecule has 2 atom stereocenters. The van der Waals surface area contributed by atoms with Gasteiger partial charge in [-0.05, 0) is 50.1 Å². The van der Waals surface area contributed by atoms with Crippen LogP contribution in [0.25, 0.3) is 5.69 Å². The summed E-state index contributed by atoms with van der Waals surface area (Å²) in [6.07, 6.45) is 5.52. The topological polar surface area (TPSA) is 59.0 Å². The number of nitrogens with zero attached hydrogens (tertiary/aromatic N) is 2. The van der Waals surface area contributed by atoms with Crippen molar-refractivity contribution in [1.29, 1.82) is 0 Å². The lowest BCUT2D eigenvalue weighted by Crippen LogP contribution is -2.42. The predicted molar refractivity (Wildman–Crippen MR) is 85.6 cm³/mol. The summed E-state index contributed by atoms with van der Waals surface area (Å²) in [5.41, 5.74) is 2.12. The Balaban J connectivity index is 1.54. The largest absolute Gasteiger partial charge is 0.352 e. The second-order valence-corrected chi connectivity index (χ2v) is 5.91. The quantitative estimate of drug-likeness (QED) is 0.906. The van der Waals surface area contributed by atoms with Gasteiger partial charge < -0.3 is 10.6 Å². The molecule has 2 aromatic rings. The first-order chi connectivity index (χ1) is 10.7. The fraction of sp³-hybridized carbons (Fsp3) is 0.412. The summed E-state index contributed by atoms with van der Waals surface area (Å²) in [6, 6.07) is 10.4. The summed E-state index contributed by atoms with van der Waals surface area (Å²) in [4.78, 5) is 12.2. The summed E-state index contributed by atoms with van der Waals surface area (Å²) < 4.78 is 1.82. The Morgan fingerprint density at radius 3 is 2.91 bits per heavy atom. The van der Waals surface area contributed by atoms with Gasteiger partial charge in [-0.2, -0.15) is 5.10 Å². The first-order valence-corrected chi connectivity index (χ1v) is 7.82. The summed E-state index contributed by atoms with van der Waals surface area (Å²) in [6.45, 7) is 3.64. The number of piperidine rings is 1. The van der Waals surface area contributed by atoms with Crippen molar-refractivity contribution in [2.24, 2.45) is 5.92 Å². The lowest BCUT2D eigenvalue weighted by atomic mass is 9.92. The molecule has 1 fully saturated rings. The van der Waals surface area contributed by atoms with Gasteiger partial charge in [-0.1, -0.05) is 12.1 Å². The molecule has 1 saturated heterocycles. The zero-order valence-corrected chi connectivity index (χ0v) is 12.8. The average Bonchev–Trinajstić information content (AvgIpc) is 3.07. The van der Waals surface area contributed by atoms with Crippen LogP contribution in [0.1, 0.15) is 25.3 Å². The van der Waals surface area contributed by atoms with Crippen LogP contribution in [0, 0.1) is 5.92 Å². The van der Waals surface area contributed by atoms with Crippen molar-refractivity contribution in [3.63, 3.8) is 0 Å². The number of aromatic nitrogens is 2. The van der Waals surface area contributed by atoms with Gasteiger partial charge in [0, 0.05) is 30.9 Å². The van der Waals surface area contributed by atoms with Crippen molar-refractivity contribution >= 4 is 5.91 Å². The van der Waals surface area contributed by atoms with E-state index in [0.717, 1.165) is 30.6 Å². The van der Waals surface area contributed by atoms with Gasteiger partial charge in [0.15, 0.2) is 0 Å². The Bertz CT molecular complexity index is 606. The minimum atomic E-state index is 0.139. The smallest absolute Gasteiger partial charge is 0.223 e. The molecule has 1 aliphatic rings. The molecule has 0 bridgehead atoms. The molecule has 0 radical (unpaired) electrons. The van der Waals surface area contributed by atoms with E-state index < -0.39 is 0 Å². The first-order valence-electron chi connectivity index (χ1n) is 7.82. The zero-order valence-electron chi connectivity index (χ0n) is 12.8. The van der Waals surface area contributed by atoms with Crippen LogP contribution in [-0.2, 0) is 11.3 Å². The molecule has 5 heteroatoms. The molecule has 0 unspecified atom stereocenters. The van der Waals surface area contributed by atoms with Crippen LogP contribution in [-0.4, -0.2) is 28.3 Å². The van der Waals surface area contributed by atoms with E-state index in [1.807, 2.05) is 41.2 Å². The molecule has 1 amide bonds. The van der Waals surface area contributed by atoms with Crippen LogP contribution in [0.5, 0.6) is 0 Å². The Kier molecular flexibility index (Phi) is 4.53. The van der Waals surface area contributed by atoms with Crippen molar-refractivity contribution in [3.05, 3.63) is 48.3 Å². The number of hydrogen-bond acceptors (Lipinski definition) is 3. The monoisotopic (exact) mass is 298 g/mol. The third-order valence-corrected chi connectivity index (χ3v) is 4.17. The van der Waals surface area contributed by atoms with Crippen molar-refractivity contribution in [2.75, 3.05) is 6.54 Å². The van der Waals surface area contributed by atoms with E-state index in [4.69, 9.17) is 0 Å². The standard InChI is InChI=1S/C17H22N4O/c1-13-11-15(7-9-18-13)17(22)19-12-14-3-5-16(6-4-14)21-10-2-8-20-21/h2-6,8,10,13,15,18H,7,9,11-12H2,1H3,(H,19,22)/t13-,15-/m0/s1. The molecule has 3 rings (SSSR count). The summed E-state index contributed by atoms with van der Waals surface area (Å²) >= 11 is 0. The Labute approximate surface area is 130 Å². The number of carbonyl (C=O) groups excluding carboxylic acids is 1. The predicted octanol–water partition coefficient (Wildman–Crippen LogP) is 1.88. The maximum atomic E-state index is 12.2. The Hall–Kier alpha value is -2.14. The zero-order chi connectivity index (χ0) is 15.4. The van der Waals surface area contributed by atoms with Crippen molar-refractivity contribution in [3.8, 4) is 5.69 Å². The molecular formula is C17H22N4O. The molecular weight excluding hydrogens is 276 g/mol. The van der Waals surface area contributed by atoms with E-state index >= 15 is 0 Å². The Morgan fingerprint density at radius 2 is 2.23 bits per heavy atom. The molecule has 2 heterocycles. The van der Waals surface area contributed by atoms with E-state index in [0.29, 0.717) is 12.6 Å². The van der Waals surface area contributed by atoms with Crippen LogP contribution in [0.15, 0.2) is 42.7 Å².